The lowest BCUT2D eigenvalue weighted by Crippen LogP contribution is -2.37. The van der Waals surface area contributed by atoms with Crippen molar-refractivity contribution >= 4 is 49.9 Å². The molecule has 0 aromatic heterocycles. The maximum absolute atomic E-state index is 12.0. The van der Waals surface area contributed by atoms with Gasteiger partial charge in [-0.3, -0.25) is 35.0 Å². The van der Waals surface area contributed by atoms with Crippen molar-refractivity contribution in [1.82, 2.24) is 5.06 Å². The number of hydrogen-bond donors (Lipinski definition) is 1. The zero-order valence-electron chi connectivity index (χ0n) is 10.8. The van der Waals surface area contributed by atoms with Crippen molar-refractivity contribution in [2.75, 3.05) is 0 Å². The second kappa shape index (κ2) is 4.79. The Kier molecular flexibility index (Phi) is 3.12. The van der Waals surface area contributed by atoms with Crippen molar-refractivity contribution in [3.05, 3.63) is 54.0 Å². The summed E-state index contributed by atoms with van der Waals surface area (Å²) < 4.78 is -0.179. The molecule has 1 aliphatic heterocycles. The summed E-state index contributed by atoms with van der Waals surface area (Å²) in [6, 6.07) is 3.01. The minimum atomic E-state index is -1.12. The molecule has 116 valence electrons. The maximum atomic E-state index is 12.0. The molecule has 0 spiro atoms. The van der Waals surface area contributed by atoms with Crippen LogP contribution in [0.25, 0.3) is 10.8 Å². The fourth-order valence-electron chi connectivity index (χ4n) is 2.50. The lowest BCUT2D eigenvalue weighted by atomic mass is 9.93. The minimum Gasteiger partial charge on any atom is -0.278 e. The predicted octanol–water partition coefficient (Wildman–Crippen LogP) is 2.40. The molecule has 0 fully saturated rings. The van der Waals surface area contributed by atoms with E-state index in [1.807, 2.05) is 0 Å². The number of nitro groups is 2. The van der Waals surface area contributed by atoms with Crippen LogP contribution in [0.15, 0.2) is 22.7 Å². The summed E-state index contributed by atoms with van der Waals surface area (Å²) in [6.07, 6.45) is 0. The second-order valence-electron chi connectivity index (χ2n) is 4.57. The summed E-state index contributed by atoms with van der Waals surface area (Å²) in [5.41, 5.74) is -1.74. The Morgan fingerprint density at radius 3 is 2.17 bits per heavy atom. The summed E-state index contributed by atoms with van der Waals surface area (Å²) in [7, 11) is 0. The van der Waals surface area contributed by atoms with E-state index in [1.165, 1.54) is 0 Å². The highest BCUT2D eigenvalue weighted by Gasteiger charge is 2.38. The quantitative estimate of drug-likeness (QED) is 0.363. The monoisotopic (exact) mass is 381 g/mol. The van der Waals surface area contributed by atoms with Crippen molar-refractivity contribution in [3.8, 4) is 0 Å². The van der Waals surface area contributed by atoms with E-state index in [1.54, 1.807) is 0 Å². The van der Waals surface area contributed by atoms with E-state index < -0.39 is 38.4 Å². The summed E-state index contributed by atoms with van der Waals surface area (Å²) in [5, 5.41) is 31.2. The third-order valence-corrected chi connectivity index (χ3v) is 4.02. The molecule has 1 aliphatic rings. The van der Waals surface area contributed by atoms with Gasteiger partial charge in [-0.05, 0) is 28.1 Å². The van der Waals surface area contributed by atoms with Gasteiger partial charge in [0.2, 0.25) is 0 Å². The van der Waals surface area contributed by atoms with Crippen LogP contribution >= 0.6 is 15.9 Å². The molecule has 23 heavy (non-hydrogen) atoms. The molecule has 0 unspecified atom stereocenters. The highest BCUT2D eigenvalue weighted by molar-refractivity contribution is 9.10. The van der Waals surface area contributed by atoms with E-state index in [0.29, 0.717) is 0 Å². The summed E-state index contributed by atoms with van der Waals surface area (Å²) in [4.78, 5) is 44.8. The Morgan fingerprint density at radius 2 is 1.61 bits per heavy atom. The fourth-order valence-corrected chi connectivity index (χ4v) is 3.07. The third-order valence-electron chi connectivity index (χ3n) is 3.41. The Balaban J connectivity index is 2.65. The molecular weight excluding hydrogens is 378 g/mol. The van der Waals surface area contributed by atoms with Gasteiger partial charge in [-0.15, -0.1) is 5.06 Å². The Labute approximate surface area is 134 Å². The molecule has 0 saturated carbocycles. The number of amides is 2. The van der Waals surface area contributed by atoms with Crippen LogP contribution in [0.1, 0.15) is 20.7 Å². The smallest absolute Gasteiger partial charge is 0.278 e. The van der Waals surface area contributed by atoms with Crippen LogP contribution in [0.3, 0.4) is 0 Å². The van der Waals surface area contributed by atoms with Gasteiger partial charge in [0.1, 0.15) is 5.39 Å². The van der Waals surface area contributed by atoms with Crippen molar-refractivity contribution in [2.24, 2.45) is 0 Å². The second-order valence-corrected chi connectivity index (χ2v) is 5.43. The number of carbonyl (C=O) groups excluding carboxylic acids is 2. The first-order valence-corrected chi connectivity index (χ1v) is 6.70. The first kappa shape index (κ1) is 15.0. The number of hydrogen-bond acceptors (Lipinski definition) is 7. The number of imide groups is 1. The average molecular weight is 382 g/mol. The van der Waals surface area contributed by atoms with Crippen molar-refractivity contribution in [3.63, 3.8) is 0 Å². The van der Waals surface area contributed by atoms with Crippen LogP contribution in [-0.2, 0) is 0 Å². The zero-order valence-corrected chi connectivity index (χ0v) is 12.4. The van der Waals surface area contributed by atoms with Crippen LogP contribution in [0.4, 0.5) is 11.4 Å². The van der Waals surface area contributed by atoms with Crippen molar-refractivity contribution in [1.29, 1.82) is 0 Å². The molecule has 2 aromatic rings. The molecule has 2 amide bonds. The van der Waals surface area contributed by atoms with Gasteiger partial charge in [0.15, 0.2) is 0 Å². The lowest BCUT2D eigenvalue weighted by Gasteiger charge is -2.21. The number of nitro benzene ring substituents is 2. The first-order valence-electron chi connectivity index (χ1n) is 5.91. The van der Waals surface area contributed by atoms with Gasteiger partial charge in [-0.25, -0.2) is 0 Å². The van der Waals surface area contributed by atoms with Crippen LogP contribution in [0.5, 0.6) is 0 Å². The maximum Gasteiger partial charge on any atom is 0.298 e. The lowest BCUT2D eigenvalue weighted by molar-refractivity contribution is -0.390. The Hall–Kier alpha value is -2.92. The molecular formula is C12H4BrN3O7. The van der Waals surface area contributed by atoms with E-state index in [-0.39, 0.29) is 26.0 Å². The number of halogens is 1. The Bertz CT molecular complexity index is 956. The van der Waals surface area contributed by atoms with Crippen molar-refractivity contribution in [2.45, 2.75) is 0 Å². The molecule has 0 atom stereocenters. The summed E-state index contributed by atoms with van der Waals surface area (Å²) >= 11 is 2.90. The molecule has 10 nitrogen and oxygen atoms in total. The van der Waals surface area contributed by atoms with Crippen LogP contribution in [0, 0.1) is 20.2 Å². The van der Waals surface area contributed by atoms with E-state index in [2.05, 4.69) is 15.9 Å². The largest absolute Gasteiger partial charge is 0.298 e. The van der Waals surface area contributed by atoms with Gasteiger partial charge >= 0.3 is 0 Å². The molecule has 0 saturated heterocycles. The SMILES string of the molecule is O=C1c2ccc([N+](=O)[O-])c3c([N+](=O)[O-])c(Br)cc(c23)C(=O)N1O. The number of carbonyl (C=O) groups is 2. The molecule has 0 aliphatic carbocycles. The van der Waals surface area contributed by atoms with E-state index >= 15 is 0 Å². The third kappa shape index (κ3) is 1.90. The number of nitrogens with zero attached hydrogens (tertiary/aromatic N) is 3. The van der Waals surface area contributed by atoms with Gasteiger partial charge in [-0.2, -0.15) is 0 Å². The van der Waals surface area contributed by atoms with E-state index in [4.69, 9.17) is 0 Å². The number of hydroxylamine groups is 2. The first-order chi connectivity index (χ1) is 10.8. The normalized spacial score (nSPS) is 13.6. The average Bonchev–Trinajstić information content (AvgIpc) is 2.48. The van der Waals surface area contributed by atoms with Gasteiger partial charge in [0, 0.05) is 11.5 Å². The van der Waals surface area contributed by atoms with Crippen LogP contribution < -0.4 is 0 Å². The number of benzene rings is 2. The molecule has 1 heterocycles. The topological polar surface area (TPSA) is 144 Å². The minimum absolute atomic E-state index is 0.138. The molecule has 2 aromatic carbocycles. The van der Waals surface area contributed by atoms with Crippen LogP contribution in [0.2, 0.25) is 0 Å². The van der Waals surface area contributed by atoms with Gasteiger partial charge in [0.25, 0.3) is 23.2 Å². The molecule has 3 rings (SSSR count). The zero-order chi connectivity index (χ0) is 17.0. The van der Waals surface area contributed by atoms with Gasteiger partial charge < -0.3 is 0 Å². The fraction of sp³-hybridized carbons (Fsp3) is 0. The summed E-state index contributed by atoms with van der Waals surface area (Å²) in [5.74, 6) is -2.23. The predicted molar refractivity (Wildman–Crippen MR) is 77.2 cm³/mol. The Morgan fingerprint density at radius 1 is 1.00 bits per heavy atom. The van der Waals surface area contributed by atoms with E-state index in [0.717, 1.165) is 18.2 Å². The number of non-ortho nitro benzene ring substituents is 1. The number of rotatable bonds is 2. The molecule has 0 bridgehead atoms. The molecule has 11 heteroatoms. The van der Waals surface area contributed by atoms with Gasteiger partial charge in [0.05, 0.1) is 25.4 Å². The van der Waals surface area contributed by atoms with Crippen LogP contribution in [-0.4, -0.2) is 31.9 Å². The standard InChI is InChI=1S/C12H4BrN3O7/c13-6-3-5-8-4(11(17)14(19)12(5)18)1-2-7(15(20)21)9(8)10(6)16(22)23/h1-3,19H. The highest BCUT2D eigenvalue weighted by atomic mass is 79.9. The van der Waals surface area contributed by atoms with Gasteiger partial charge in [-0.1, -0.05) is 0 Å². The summed E-state index contributed by atoms with van der Waals surface area (Å²) in [6.45, 7) is 0. The molecule has 0 radical (unpaired) electrons. The van der Waals surface area contributed by atoms with E-state index in [9.17, 15) is 35.0 Å². The highest BCUT2D eigenvalue weighted by Crippen LogP contribution is 2.44. The molecule has 1 N–H and O–H groups in total. The van der Waals surface area contributed by atoms with Crippen molar-refractivity contribution < 1.29 is 24.6 Å².